The molecule has 6 heteroatoms. The highest BCUT2D eigenvalue weighted by Gasteiger charge is 2.38. The van der Waals surface area contributed by atoms with Gasteiger partial charge >= 0.3 is 7.05 Å². The van der Waals surface area contributed by atoms with E-state index in [9.17, 15) is 15.1 Å². The Morgan fingerprint density at radius 3 is 2.62 bits per heavy atom. The zero-order valence-electron chi connectivity index (χ0n) is 9.04. The van der Waals surface area contributed by atoms with Crippen molar-refractivity contribution in [3.05, 3.63) is 39.9 Å². The number of non-ortho nitro benzene ring substituents is 1. The van der Waals surface area contributed by atoms with Gasteiger partial charge in [0, 0.05) is 24.7 Å². The molecule has 1 aromatic carbocycles. The van der Waals surface area contributed by atoms with E-state index in [1.807, 2.05) is 4.81 Å². The molecule has 0 spiro atoms. The summed E-state index contributed by atoms with van der Waals surface area (Å²) in [6, 6.07) is 6.96. The van der Waals surface area contributed by atoms with Gasteiger partial charge in [-0.25, -0.2) is 0 Å². The van der Waals surface area contributed by atoms with Crippen LogP contribution in [0.3, 0.4) is 0 Å². The molecule has 1 aliphatic heterocycles. The monoisotopic (exact) mass is 220 g/mol. The number of rotatable bonds is 4. The molecule has 0 saturated carbocycles. The molecule has 1 aliphatic rings. The summed E-state index contributed by atoms with van der Waals surface area (Å²) >= 11 is 0. The lowest BCUT2D eigenvalue weighted by atomic mass is 9.88. The summed E-state index contributed by atoms with van der Waals surface area (Å²) in [6.07, 6.45) is 0.836. The predicted octanol–water partition coefficient (Wildman–Crippen LogP) is 0.932. The lowest BCUT2D eigenvalue weighted by Gasteiger charge is -2.03. The highest BCUT2D eigenvalue weighted by Crippen LogP contribution is 2.23. The van der Waals surface area contributed by atoms with Crippen LogP contribution in [0, 0.1) is 10.1 Å². The van der Waals surface area contributed by atoms with Crippen LogP contribution in [0.25, 0.3) is 0 Å². The highest BCUT2D eigenvalue weighted by atomic mass is 16.6. The summed E-state index contributed by atoms with van der Waals surface area (Å²) in [5, 5.41) is 19.7. The SMILES string of the molecule is CB(O)N1CC1Cc1ccc([N+](=O)[O-])cc1. The second kappa shape index (κ2) is 4.23. The van der Waals surface area contributed by atoms with Gasteiger partial charge in [-0.1, -0.05) is 12.1 Å². The number of hydrogen-bond acceptors (Lipinski definition) is 4. The minimum atomic E-state index is -0.400. The van der Waals surface area contributed by atoms with Crippen molar-refractivity contribution in [2.24, 2.45) is 0 Å². The molecular formula is C10H13BN2O3. The molecule has 1 aromatic rings. The quantitative estimate of drug-likeness (QED) is 0.354. The molecule has 0 aliphatic carbocycles. The van der Waals surface area contributed by atoms with E-state index in [0.29, 0.717) is 6.04 Å². The van der Waals surface area contributed by atoms with Gasteiger partial charge in [0.25, 0.3) is 5.69 Å². The fraction of sp³-hybridized carbons (Fsp3) is 0.400. The van der Waals surface area contributed by atoms with E-state index in [0.717, 1.165) is 18.5 Å². The van der Waals surface area contributed by atoms with E-state index in [1.165, 1.54) is 12.1 Å². The maximum absolute atomic E-state index is 10.5. The second-order valence-corrected chi connectivity index (χ2v) is 4.11. The number of nitro benzene ring substituents is 1. The second-order valence-electron chi connectivity index (χ2n) is 4.11. The Morgan fingerprint density at radius 1 is 1.56 bits per heavy atom. The van der Waals surface area contributed by atoms with E-state index < -0.39 is 12.0 Å². The van der Waals surface area contributed by atoms with Crippen molar-refractivity contribution in [2.45, 2.75) is 19.3 Å². The van der Waals surface area contributed by atoms with Crippen LogP contribution in [0.1, 0.15) is 5.56 Å². The maximum Gasteiger partial charge on any atom is 0.376 e. The average molecular weight is 220 g/mol. The zero-order chi connectivity index (χ0) is 11.7. The lowest BCUT2D eigenvalue weighted by Crippen LogP contribution is -2.21. The van der Waals surface area contributed by atoms with Crippen molar-refractivity contribution < 1.29 is 9.95 Å². The van der Waals surface area contributed by atoms with E-state index in [2.05, 4.69) is 0 Å². The molecule has 16 heavy (non-hydrogen) atoms. The summed E-state index contributed by atoms with van der Waals surface area (Å²) in [7, 11) is -0.400. The molecule has 1 N–H and O–H groups in total. The molecule has 1 saturated heterocycles. The highest BCUT2D eigenvalue weighted by molar-refractivity contribution is 6.46. The van der Waals surface area contributed by atoms with E-state index >= 15 is 0 Å². The standard InChI is InChI=1S/C10H13BN2O3/c1-11(14)12-7-10(12)6-8-2-4-9(5-3-8)13(15)16/h2-5,10,14H,6-7H2,1H3. The van der Waals surface area contributed by atoms with Crippen LogP contribution >= 0.6 is 0 Å². The molecule has 2 atom stereocenters. The number of benzene rings is 1. The molecule has 0 bridgehead atoms. The predicted molar refractivity (Wildman–Crippen MR) is 61.1 cm³/mol. The Morgan fingerprint density at radius 2 is 2.19 bits per heavy atom. The van der Waals surface area contributed by atoms with Gasteiger partial charge in [-0.2, -0.15) is 0 Å². The van der Waals surface area contributed by atoms with Gasteiger partial charge in [-0.05, 0) is 18.8 Å². The van der Waals surface area contributed by atoms with Gasteiger partial charge < -0.3 is 9.83 Å². The lowest BCUT2D eigenvalue weighted by molar-refractivity contribution is -0.384. The largest absolute Gasteiger partial charge is 0.437 e. The smallest absolute Gasteiger partial charge is 0.376 e. The Kier molecular flexibility index (Phi) is 2.94. The van der Waals surface area contributed by atoms with Gasteiger partial charge in [0.05, 0.1) is 4.92 Å². The third-order valence-corrected chi connectivity index (χ3v) is 2.86. The van der Waals surface area contributed by atoms with E-state index in [4.69, 9.17) is 0 Å². The van der Waals surface area contributed by atoms with Crippen molar-refractivity contribution in [2.75, 3.05) is 6.54 Å². The summed E-state index contributed by atoms with van der Waals surface area (Å²) in [4.78, 5) is 12.0. The zero-order valence-corrected chi connectivity index (χ0v) is 9.04. The van der Waals surface area contributed by atoms with E-state index in [1.54, 1.807) is 19.0 Å². The van der Waals surface area contributed by atoms with Crippen LogP contribution in [-0.4, -0.2) is 34.4 Å². The molecule has 1 fully saturated rings. The summed E-state index contributed by atoms with van der Waals surface area (Å²) in [6.45, 7) is 2.64. The first kappa shape index (κ1) is 11.1. The van der Waals surface area contributed by atoms with Crippen LogP contribution in [0.15, 0.2) is 24.3 Å². The molecule has 84 valence electrons. The van der Waals surface area contributed by atoms with Gasteiger partial charge in [-0.15, -0.1) is 0 Å². The fourth-order valence-corrected chi connectivity index (χ4v) is 1.86. The van der Waals surface area contributed by atoms with Gasteiger partial charge in [-0.3, -0.25) is 10.1 Å². The summed E-state index contributed by atoms with van der Waals surface area (Å²) in [5.74, 6) is 0. The normalized spacial score (nSPS) is 22.9. The number of nitro groups is 1. The number of nitrogens with zero attached hydrogens (tertiary/aromatic N) is 2. The van der Waals surface area contributed by atoms with Gasteiger partial charge in [0.1, 0.15) is 0 Å². The summed E-state index contributed by atoms with van der Waals surface area (Å²) in [5.41, 5.74) is 1.19. The van der Waals surface area contributed by atoms with Crippen LogP contribution in [0.5, 0.6) is 0 Å². The average Bonchev–Trinajstić information content (AvgIpc) is 2.98. The third-order valence-electron chi connectivity index (χ3n) is 2.86. The Hall–Kier alpha value is -1.40. The molecule has 5 nitrogen and oxygen atoms in total. The van der Waals surface area contributed by atoms with Crippen LogP contribution in [0.4, 0.5) is 5.69 Å². The van der Waals surface area contributed by atoms with Crippen LogP contribution < -0.4 is 0 Å². The first-order valence-corrected chi connectivity index (χ1v) is 5.25. The van der Waals surface area contributed by atoms with Gasteiger partial charge in [0.15, 0.2) is 0 Å². The molecule has 0 radical (unpaired) electrons. The fourth-order valence-electron chi connectivity index (χ4n) is 1.86. The van der Waals surface area contributed by atoms with Crippen molar-refractivity contribution >= 4 is 12.7 Å². The van der Waals surface area contributed by atoms with Crippen molar-refractivity contribution in [3.8, 4) is 0 Å². The number of hydrogen-bond donors (Lipinski definition) is 1. The first-order chi connectivity index (χ1) is 7.58. The molecule has 2 rings (SSSR count). The minimum Gasteiger partial charge on any atom is -0.437 e. The molecule has 0 aromatic heterocycles. The Labute approximate surface area is 94.0 Å². The third kappa shape index (κ3) is 2.40. The maximum atomic E-state index is 10.5. The Balaban J connectivity index is 1.94. The van der Waals surface area contributed by atoms with Gasteiger partial charge in [0.2, 0.25) is 0 Å². The molecule has 0 amide bonds. The van der Waals surface area contributed by atoms with Crippen LogP contribution in [-0.2, 0) is 6.42 Å². The van der Waals surface area contributed by atoms with Crippen LogP contribution in [0.2, 0.25) is 6.82 Å². The van der Waals surface area contributed by atoms with Crippen molar-refractivity contribution in [3.63, 3.8) is 0 Å². The minimum absolute atomic E-state index is 0.118. The van der Waals surface area contributed by atoms with Crippen molar-refractivity contribution in [1.29, 1.82) is 0 Å². The topological polar surface area (TPSA) is 66.4 Å². The van der Waals surface area contributed by atoms with Crippen molar-refractivity contribution in [1.82, 2.24) is 4.81 Å². The molecule has 2 unspecified atom stereocenters. The molecular weight excluding hydrogens is 207 g/mol. The Bertz CT molecular complexity index is 394. The first-order valence-electron chi connectivity index (χ1n) is 5.25. The van der Waals surface area contributed by atoms with E-state index in [-0.39, 0.29) is 5.69 Å². The summed E-state index contributed by atoms with van der Waals surface area (Å²) < 4.78 is 0. The molecule has 1 heterocycles.